The molecule has 2 fully saturated rings. The maximum absolute atomic E-state index is 12.7. The predicted octanol–water partition coefficient (Wildman–Crippen LogP) is 3.20. The summed E-state index contributed by atoms with van der Waals surface area (Å²) >= 11 is 1.56. The van der Waals surface area contributed by atoms with E-state index in [1.54, 1.807) is 11.3 Å². The van der Waals surface area contributed by atoms with E-state index in [1.165, 1.54) is 6.42 Å². The fourth-order valence-corrected chi connectivity index (χ4v) is 4.55. The molecular formula is C20H26N4O2S. The van der Waals surface area contributed by atoms with Gasteiger partial charge in [0.15, 0.2) is 0 Å². The zero-order chi connectivity index (χ0) is 18.6. The number of rotatable bonds is 5. The number of carbonyl (C=O) groups excluding carboxylic acids is 1. The third-order valence-electron chi connectivity index (χ3n) is 5.40. The third kappa shape index (κ3) is 4.72. The molecule has 0 bridgehead atoms. The molecule has 6 nitrogen and oxygen atoms in total. The molecule has 4 rings (SSSR count). The molecule has 1 aromatic heterocycles. The summed E-state index contributed by atoms with van der Waals surface area (Å²) in [5.74, 6) is 0.889. The van der Waals surface area contributed by atoms with Crippen molar-refractivity contribution in [1.82, 2.24) is 15.1 Å². The molecule has 3 heterocycles. The van der Waals surface area contributed by atoms with Gasteiger partial charge in [0.25, 0.3) is 0 Å². The first-order valence-electron chi connectivity index (χ1n) is 9.69. The van der Waals surface area contributed by atoms with Crippen molar-refractivity contribution in [3.05, 3.63) is 29.3 Å². The van der Waals surface area contributed by atoms with E-state index < -0.39 is 0 Å². The largest absolute Gasteiger partial charge is 0.381 e. The molecule has 1 N–H and O–H groups in total. The van der Waals surface area contributed by atoms with E-state index in [0.717, 1.165) is 67.0 Å². The molecular weight excluding hydrogens is 360 g/mol. The Morgan fingerprint density at radius 1 is 1.30 bits per heavy atom. The fourth-order valence-electron chi connectivity index (χ4n) is 3.86. The highest BCUT2D eigenvalue weighted by Gasteiger charge is 2.27. The number of benzene rings is 1. The molecule has 144 valence electrons. The molecule has 2 aliphatic heterocycles. The lowest BCUT2D eigenvalue weighted by atomic mass is 9.94. The first-order chi connectivity index (χ1) is 13.2. The van der Waals surface area contributed by atoms with Gasteiger partial charge in [-0.3, -0.25) is 4.79 Å². The van der Waals surface area contributed by atoms with Crippen molar-refractivity contribution in [3.63, 3.8) is 0 Å². The Bertz CT molecular complexity index is 780. The number of aryl methyl sites for hydroxylation is 1. The van der Waals surface area contributed by atoms with E-state index in [-0.39, 0.29) is 11.8 Å². The van der Waals surface area contributed by atoms with Crippen LogP contribution in [-0.4, -0.2) is 53.9 Å². The molecule has 2 saturated heterocycles. The van der Waals surface area contributed by atoms with Gasteiger partial charge in [-0.25, -0.2) is 0 Å². The number of aromatic nitrogens is 2. The highest BCUT2D eigenvalue weighted by Crippen LogP contribution is 2.27. The van der Waals surface area contributed by atoms with E-state index in [1.807, 2.05) is 31.2 Å². The van der Waals surface area contributed by atoms with Crippen LogP contribution in [0.5, 0.6) is 0 Å². The summed E-state index contributed by atoms with van der Waals surface area (Å²) in [6.07, 6.45) is 3.02. The van der Waals surface area contributed by atoms with Gasteiger partial charge in [0.1, 0.15) is 10.0 Å². The fraction of sp³-hybridized carbons (Fsp3) is 0.550. The van der Waals surface area contributed by atoms with Crippen LogP contribution < -0.4 is 5.32 Å². The molecule has 1 aromatic carbocycles. The van der Waals surface area contributed by atoms with E-state index in [4.69, 9.17) is 4.74 Å². The van der Waals surface area contributed by atoms with Crippen LogP contribution in [0.1, 0.15) is 24.3 Å². The summed E-state index contributed by atoms with van der Waals surface area (Å²) in [6.45, 7) is 6.85. The van der Waals surface area contributed by atoms with Crippen LogP contribution in [0.15, 0.2) is 24.3 Å². The molecule has 1 atom stereocenters. The summed E-state index contributed by atoms with van der Waals surface area (Å²) in [5.41, 5.74) is 1.82. The Morgan fingerprint density at radius 3 is 2.85 bits per heavy atom. The van der Waals surface area contributed by atoms with Crippen molar-refractivity contribution < 1.29 is 9.53 Å². The maximum Gasteiger partial charge on any atom is 0.227 e. The van der Waals surface area contributed by atoms with E-state index in [0.29, 0.717) is 5.92 Å². The highest BCUT2D eigenvalue weighted by atomic mass is 32.1. The van der Waals surface area contributed by atoms with Gasteiger partial charge < -0.3 is 15.0 Å². The minimum atomic E-state index is 0.0912. The van der Waals surface area contributed by atoms with Crippen LogP contribution in [0.25, 0.3) is 10.6 Å². The van der Waals surface area contributed by atoms with E-state index >= 15 is 0 Å². The van der Waals surface area contributed by atoms with Crippen molar-refractivity contribution in [1.29, 1.82) is 0 Å². The Balaban J connectivity index is 1.30. The number of hydrogen-bond acceptors (Lipinski definition) is 6. The number of piperidine rings is 1. The summed E-state index contributed by atoms with van der Waals surface area (Å²) in [7, 11) is 0. The monoisotopic (exact) mass is 386 g/mol. The third-order valence-corrected chi connectivity index (χ3v) is 6.29. The van der Waals surface area contributed by atoms with Crippen LogP contribution in [0, 0.1) is 18.8 Å². The van der Waals surface area contributed by atoms with Gasteiger partial charge in [-0.05, 0) is 57.3 Å². The second kappa shape index (κ2) is 8.46. The lowest BCUT2D eigenvalue weighted by Gasteiger charge is -2.32. The number of amides is 1. The highest BCUT2D eigenvalue weighted by molar-refractivity contribution is 7.14. The zero-order valence-electron chi connectivity index (χ0n) is 15.7. The van der Waals surface area contributed by atoms with Gasteiger partial charge in [-0.15, -0.1) is 10.2 Å². The Labute approximate surface area is 163 Å². The number of carbonyl (C=O) groups is 1. The average molecular weight is 387 g/mol. The molecule has 0 radical (unpaired) electrons. The normalized spacial score (nSPS) is 21.4. The summed E-state index contributed by atoms with van der Waals surface area (Å²) in [6, 6.07) is 7.87. The van der Waals surface area contributed by atoms with Gasteiger partial charge in [0, 0.05) is 30.3 Å². The molecule has 2 aromatic rings. The summed E-state index contributed by atoms with van der Waals surface area (Å²) in [4.78, 5) is 15.2. The Kier molecular flexibility index (Phi) is 5.80. The average Bonchev–Trinajstić information content (AvgIpc) is 3.34. The molecule has 0 spiro atoms. The molecule has 0 unspecified atom stereocenters. The number of ether oxygens (including phenoxy) is 1. The van der Waals surface area contributed by atoms with Gasteiger partial charge in [0.2, 0.25) is 5.91 Å². The second-order valence-electron chi connectivity index (χ2n) is 7.50. The van der Waals surface area contributed by atoms with Crippen molar-refractivity contribution in [2.45, 2.75) is 26.2 Å². The summed E-state index contributed by atoms with van der Waals surface area (Å²) in [5, 5.41) is 13.2. The van der Waals surface area contributed by atoms with Gasteiger partial charge in [-0.2, -0.15) is 0 Å². The zero-order valence-corrected chi connectivity index (χ0v) is 16.5. The van der Waals surface area contributed by atoms with Gasteiger partial charge in [-0.1, -0.05) is 23.5 Å². The molecule has 0 saturated carbocycles. The Morgan fingerprint density at radius 2 is 2.15 bits per heavy atom. The first kappa shape index (κ1) is 18.5. The van der Waals surface area contributed by atoms with Crippen LogP contribution in [0.4, 0.5) is 5.69 Å². The second-order valence-corrected chi connectivity index (χ2v) is 8.68. The van der Waals surface area contributed by atoms with Gasteiger partial charge >= 0.3 is 0 Å². The van der Waals surface area contributed by atoms with Crippen molar-refractivity contribution in [2.75, 3.05) is 38.2 Å². The number of hydrogen-bond donors (Lipinski definition) is 1. The number of likely N-dealkylation sites (tertiary alicyclic amines) is 1. The molecule has 2 aliphatic rings. The van der Waals surface area contributed by atoms with Crippen LogP contribution in [0.2, 0.25) is 0 Å². The lowest BCUT2D eigenvalue weighted by molar-refractivity contribution is -0.121. The van der Waals surface area contributed by atoms with Gasteiger partial charge in [0.05, 0.1) is 6.61 Å². The number of nitrogens with zero attached hydrogens (tertiary/aromatic N) is 3. The lowest BCUT2D eigenvalue weighted by Crippen LogP contribution is -2.40. The van der Waals surface area contributed by atoms with E-state index in [9.17, 15) is 4.79 Å². The molecule has 0 aliphatic carbocycles. The SMILES string of the molecule is Cc1nnc(-c2cccc(NC(=O)C3CCN(C[C@H]4CCOC4)CC3)c2)s1. The minimum absolute atomic E-state index is 0.0912. The number of nitrogens with one attached hydrogen (secondary N) is 1. The van der Waals surface area contributed by atoms with Crippen LogP contribution in [-0.2, 0) is 9.53 Å². The predicted molar refractivity (Wildman–Crippen MR) is 107 cm³/mol. The smallest absolute Gasteiger partial charge is 0.227 e. The topological polar surface area (TPSA) is 67.4 Å². The summed E-state index contributed by atoms with van der Waals surface area (Å²) < 4.78 is 5.47. The molecule has 27 heavy (non-hydrogen) atoms. The van der Waals surface area contributed by atoms with Crippen LogP contribution >= 0.6 is 11.3 Å². The van der Waals surface area contributed by atoms with Crippen molar-refractivity contribution in [2.24, 2.45) is 11.8 Å². The Hall–Kier alpha value is -1.83. The van der Waals surface area contributed by atoms with Crippen LogP contribution in [0.3, 0.4) is 0 Å². The van der Waals surface area contributed by atoms with Crippen molar-refractivity contribution in [3.8, 4) is 10.6 Å². The van der Waals surface area contributed by atoms with Crippen molar-refractivity contribution >= 4 is 22.9 Å². The maximum atomic E-state index is 12.7. The first-order valence-corrected chi connectivity index (χ1v) is 10.5. The quantitative estimate of drug-likeness (QED) is 0.855. The molecule has 1 amide bonds. The molecule has 7 heteroatoms. The number of anilines is 1. The van der Waals surface area contributed by atoms with E-state index in [2.05, 4.69) is 20.4 Å². The minimum Gasteiger partial charge on any atom is -0.381 e. The standard InChI is InChI=1S/C20H26N4O2S/c1-14-22-23-20(27-14)17-3-2-4-18(11-17)21-19(25)16-5-8-24(9-6-16)12-15-7-10-26-13-15/h2-4,11,15-16H,5-10,12-13H2,1H3,(H,21,25)/t15-/m1/s1.